The molecule has 2 aromatic rings. The van der Waals surface area contributed by atoms with Crippen molar-refractivity contribution in [3.8, 4) is 0 Å². The van der Waals surface area contributed by atoms with E-state index in [-0.39, 0.29) is 0 Å². The van der Waals surface area contributed by atoms with E-state index in [1.54, 1.807) is 0 Å². The van der Waals surface area contributed by atoms with E-state index in [2.05, 4.69) is 51.3 Å². The van der Waals surface area contributed by atoms with Gasteiger partial charge in [-0.1, -0.05) is 27.5 Å². The van der Waals surface area contributed by atoms with Crippen LogP contribution in [0.5, 0.6) is 0 Å². The fourth-order valence-corrected chi connectivity index (χ4v) is 2.58. The van der Waals surface area contributed by atoms with Gasteiger partial charge in [-0.3, -0.25) is 0 Å². The smallest absolute Gasteiger partial charge is 0.0412 e. The molecule has 0 saturated heterocycles. The van der Waals surface area contributed by atoms with Gasteiger partial charge in [0.25, 0.3) is 0 Å². The van der Waals surface area contributed by atoms with Crippen LogP contribution in [0.3, 0.4) is 0 Å². The summed E-state index contributed by atoms with van der Waals surface area (Å²) in [6, 6.07) is 12.2. The van der Waals surface area contributed by atoms with Crippen molar-refractivity contribution in [2.45, 2.75) is 13.5 Å². The van der Waals surface area contributed by atoms with Crippen LogP contribution in [0.25, 0.3) is 0 Å². The maximum Gasteiger partial charge on any atom is 0.0412 e. The van der Waals surface area contributed by atoms with Gasteiger partial charge < -0.3 is 10.2 Å². The van der Waals surface area contributed by atoms with Gasteiger partial charge in [0.2, 0.25) is 0 Å². The molecule has 0 aromatic heterocycles. The van der Waals surface area contributed by atoms with E-state index in [9.17, 15) is 0 Å². The average Bonchev–Trinajstić information content (AvgIpc) is 2.40. The number of hydrogen-bond donors (Lipinski definition) is 1. The fraction of sp³-hybridized carbons (Fsp3) is 0.250. The Balaban J connectivity index is 2.13. The molecule has 0 aliphatic heterocycles. The van der Waals surface area contributed by atoms with Crippen LogP contribution in [0.2, 0.25) is 5.02 Å². The molecule has 0 amide bonds. The van der Waals surface area contributed by atoms with Gasteiger partial charge in [0.05, 0.1) is 0 Å². The van der Waals surface area contributed by atoms with Gasteiger partial charge in [-0.2, -0.15) is 0 Å². The lowest BCUT2D eigenvalue weighted by Gasteiger charge is -2.16. The van der Waals surface area contributed by atoms with Crippen molar-refractivity contribution in [2.24, 2.45) is 0 Å². The molecule has 2 rings (SSSR count). The van der Waals surface area contributed by atoms with E-state index >= 15 is 0 Å². The first-order valence-corrected chi connectivity index (χ1v) is 7.60. The van der Waals surface area contributed by atoms with Crippen molar-refractivity contribution in [3.05, 3.63) is 57.0 Å². The highest BCUT2D eigenvalue weighted by molar-refractivity contribution is 9.10. The van der Waals surface area contributed by atoms with Crippen LogP contribution in [0.4, 0.5) is 11.4 Å². The van der Waals surface area contributed by atoms with Gasteiger partial charge in [-0.15, -0.1) is 0 Å². The lowest BCUT2D eigenvalue weighted by molar-refractivity contribution is 1.11. The van der Waals surface area contributed by atoms with Crippen molar-refractivity contribution in [1.82, 2.24) is 0 Å². The Labute approximate surface area is 133 Å². The van der Waals surface area contributed by atoms with Crippen LogP contribution in [0.1, 0.15) is 11.1 Å². The van der Waals surface area contributed by atoms with Crippen LogP contribution < -0.4 is 10.2 Å². The molecule has 20 heavy (non-hydrogen) atoms. The molecule has 1 N–H and O–H groups in total. The lowest BCUT2D eigenvalue weighted by Crippen LogP contribution is -2.09. The van der Waals surface area contributed by atoms with E-state index in [1.165, 1.54) is 11.3 Å². The Morgan fingerprint density at radius 3 is 2.55 bits per heavy atom. The zero-order valence-corrected chi connectivity index (χ0v) is 14.2. The highest BCUT2D eigenvalue weighted by Gasteiger charge is 2.04. The summed E-state index contributed by atoms with van der Waals surface area (Å²) in [7, 11) is 4.09. The number of nitrogens with zero attached hydrogens (tertiary/aromatic N) is 1. The van der Waals surface area contributed by atoms with Crippen LogP contribution >= 0.6 is 27.5 Å². The quantitative estimate of drug-likeness (QED) is 0.823. The number of anilines is 2. The molecule has 106 valence electrons. The van der Waals surface area contributed by atoms with Crippen LogP contribution in [-0.4, -0.2) is 14.1 Å². The van der Waals surface area contributed by atoms with E-state index in [1.807, 2.05) is 32.3 Å². The second-order valence-electron chi connectivity index (χ2n) is 4.98. The first-order valence-electron chi connectivity index (χ1n) is 6.43. The van der Waals surface area contributed by atoms with E-state index < -0.39 is 0 Å². The predicted octanol–water partition coefficient (Wildman–Crippen LogP) is 5.09. The molecular formula is C16H18BrClN2. The third kappa shape index (κ3) is 3.68. The van der Waals surface area contributed by atoms with Gasteiger partial charge >= 0.3 is 0 Å². The standard InChI is InChI=1S/C16H18BrClN2/c1-11-8-14(20(2)3)5-7-16(11)19-10-12-9-13(18)4-6-15(12)17/h4-9,19H,10H2,1-3H3. The topological polar surface area (TPSA) is 15.3 Å². The molecule has 0 aliphatic carbocycles. The SMILES string of the molecule is Cc1cc(N(C)C)ccc1NCc1cc(Cl)ccc1Br. The minimum atomic E-state index is 0.739. The van der Waals surface area contributed by atoms with Gasteiger partial charge in [0.1, 0.15) is 0 Å². The molecule has 0 spiro atoms. The van der Waals surface area contributed by atoms with E-state index in [0.29, 0.717) is 0 Å². The summed E-state index contributed by atoms with van der Waals surface area (Å²) in [5.41, 5.74) is 4.72. The molecular weight excluding hydrogens is 336 g/mol. The van der Waals surface area contributed by atoms with E-state index in [4.69, 9.17) is 11.6 Å². The zero-order chi connectivity index (χ0) is 14.7. The van der Waals surface area contributed by atoms with Gasteiger partial charge in [-0.05, 0) is 54.4 Å². The average molecular weight is 354 g/mol. The summed E-state index contributed by atoms with van der Waals surface area (Å²) in [6.07, 6.45) is 0. The normalized spacial score (nSPS) is 10.4. The monoisotopic (exact) mass is 352 g/mol. The maximum atomic E-state index is 6.03. The first-order chi connectivity index (χ1) is 9.47. The third-order valence-corrected chi connectivity index (χ3v) is 4.21. The first kappa shape index (κ1) is 15.2. The highest BCUT2D eigenvalue weighted by Crippen LogP contribution is 2.25. The van der Waals surface area contributed by atoms with Crippen LogP contribution in [0.15, 0.2) is 40.9 Å². The van der Waals surface area contributed by atoms with Crippen molar-refractivity contribution in [1.29, 1.82) is 0 Å². The summed E-state index contributed by atoms with van der Waals surface area (Å²) in [4.78, 5) is 2.10. The molecule has 0 aliphatic rings. The summed E-state index contributed by atoms with van der Waals surface area (Å²) < 4.78 is 1.07. The number of aryl methyl sites for hydroxylation is 1. The second-order valence-corrected chi connectivity index (χ2v) is 6.27. The Bertz CT molecular complexity index is 611. The number of nitrogens with one attached hydrogen (secondary N) is 1. The fourth-order valence-electron chi connectivity index (χ4n) is 1.99. The van der Waals surface area contributed by atoms with Crippen LogP contribution in [-0.2, 0) is 6.54 Å². The predicted molar refractivity (Wildman–Crippen MR) is 92.0 cm³/mol. The minimum absolute atomic E-state index is 0.739. The number of halogens is 2. The summed E-state index contributed by atoms with van der Waals surface area (Å²) in [5.74, 6) is 0. The summed E-state index contributed by atoms with van der Waals surface area (Å²) >= 11 is 9.58. The molecule has 0 unspecified atom stereocenters. The summed E-state index contributed by atoms with van der Waals surface area (Å²) in [6.45, 7) is 2.85. The number of rotatable bonds is 4. The molecule has 0 fully saturated rings. The summed E-state index contributed by atoms with van der Waals surface area (Å²) in [5, 5.41) is 4.21. The number of hydrogen-bond acceptors (Lipinski definition) is 2. The number of benzene rings is 2. The van der Waals surface area contributed by atoms with Gasteiger partial charge in [0, 0.05) is 41.5 Å². The second kappa shape index (κ2) is 6.51. The van der Waals surface area contributed by atoms with Crippen molar-refractivity contribution < 1.29 is 0 Å². The molecule has 0 bridgehead atoms. The van der Waals surface area contributed by atoms with Gasteiger partial charge in [0.15, 0.2) is 0 Å². The van der Waals surface area contributed by atoms with Gasteiger partial charge in [-0.25, -0.2) is 0 Å². The van der Waals surface area contributed by atoms with Crippen molar-refractivity contribution in [2.75, 3.05) is 24.3 Å². The van der Waals surface area contributed by atoms with E-state index in [0.717, 1.165) is 27.3 Å². The molecule has 2 aromatic carbocycles. The lowest BCUT2D eigenvalue weighted by atomic mass is 10.1. The maximum absolute atomic E-state index is 6.03. The molecule has 4 heteroatoms. The Hall–Kier alpha value is -1.19. The minimum Gasteiger partial charge on any atom is -0.381 e. The molecule has 0 atom stereocenters. The molecule has 0 heterocycles. The third-order valence-electron chi connectivity index (χ3n) is 3.20. The molecule has 0 saturated carbocycles. The largest absolute Gasteiger partial charge is 0.381 e. The van der Waals surface area contributed by atoms with Crippen molar-refractivity contribution in [3.63, 3.8) is 0 Å². The molecule has 0 radical (unpaired) electrons. The highest BCUT2D eigenvalue weighted by atomic mass is 79.9. The Morgan fingerprint density at radius 1 is 1.15 bits per heavy atom. The van der Waals surface area contributed by atoms with Crippen molar-refractivity contribution >= 4 is 38.9 Å². The Morgan fingerprint density at radius 2 is 1.90 bits per heavy atom. The van der Waals surface area contributed by atoms with Crippen LogP contribution in [0, 0.1) is 6.92 Å². The molecule has 2 nitrogen and oxygen atoms in total. The Kier molecular flexibility index (Phi) is 4.95. The zero-order valence-electron chi connectivity index (χ0n) is 11.9.